The number of aliphatic hydroxyl groups excluding tert-OH is 1. The van der Waals surface area contributed by atoms with Crippen LogP contribution in [0.4, 0.5) is 5.69 Å². The SMILES string of the molecule is COc1ccc(Cl)cc1CNC(=O)CNc1cccc(CO)c1. The number of hydrogen-bond acceptors (Lipinski definition) is 4. The minimum atomic E-state index is -0.151. The molecule has 0 aliphatic heterocycles. The van der Waals surface area contributed by atoms with Gasteiger partial charge in [0, 0.05) is 22.8 Å². The summed E-state index contributed by atoms with van der Waals surface area (Å²) in [6.45, 7) is 0.439. The molecule has 3 N–H and O–H groups in total. The predicted molar refractivity (Wildman–Crippen MR) is 90.7 cm³/mol. The van der Waals surface area contributed by atoms with E-state index >= 15 is 0 Å². The lowest BCUT2D eigenvalue weighted by molar-refractivity contribution is -0.119. The Morgan fingerprint density at radius 3 is 2.83 bits per heavy atom. The summed E-state index contributed by atoms with van der Waals surface area (Å²) in [7, 11) is 1.57. The number of amides is 1. The van der Waals surface area contributed by atoms with Crippen LogP contribution >= 0.6 is 11.6 Å². The van der Waals surface area contributed by atoms with Crippen molar-refractivity contribution < 1.29 is 14.6 Å². The van der Waals surface area contributed by atoms with E-state index in [1.54, 1.807) is 31.4 Å². The second-order valence-electron chi connectivity index (χ2n) is 4.94. The lowest BCUT2D eigenvalue weighted by Gasteiger charge is -2.11. The van der Waals surface area contributed by atoms with Gasteiger partial charge >= 0.3 is 0 Å². The van der Waals surface area contributed by atoms with Crippen LogP contribution in [0.25, 0.3) is 0 Å². The van der Waals surface area contributed by atoms with E-state index in [1.807, 2.05) is 18.2 Å². The smallest absolute Gasteiger partial charge is 0.239 e. The van der Waals surface area contributed by atoms with Crippen LogP contribution < -0.4 is 15.4 Å². The maximum absolute atomic E-state index is 11.9. The fourth-order valence-corrected chi connectivity index (χ4v) is 2.30. The Morgan fingerprint density at radius 2 is 2.09 bits per heavy atom. The summed E-state index contributed by atoms with van der Waals surface area (Å²) >= 11 is 5.96. The van der Waals surface area contributed by atoms with Crippen LogP contribution in [0.2, 0.25) is 5.02 Å². The molecule has 0 aliphatic carbocycles. The largest absolute Gasteiger partial charge is 0.496 e. The molecule has 0 fully saturated rings. The molecule has 0 bridgehead atoms. The molecular formula is C17H19ClN2O3. The molecule has 2 aromatic carbocycles. The number of halogens is 1. The third-order valence-electron chi connectivity index (χ3n) is 3.28. The predicted octanol–water partition coefficient (Wildman–Crippen LogP) is 2.57. The number of nitrogens with one attached hydrogen (secondary N) is 2. The second-order valence-corrected chi connectivity index (χ2v) is 5.38. The average molecular weight is 335 g/mol. The van der Waals surface area contributed by atoms with Crippen molar-refractivity contribution >= 4 is 23.2 Å². The molecule has 2 aromatic rings. The second kappa shape index (κ2) is 8.41. The molecule has 5 nitrogen and oxygen atoms in total. The summed E-state index contributed by atoms with van der Waals surface area (Å²) in [5.74, 6) is 0.528. The summed E-state index contributed by atoms with van der Waals surface area (Å²) < 4.78 is 5.24. The van der Waals surface area contributed by atoms with Crippen molar-refractivity contribution in [3.63, 3.8) is 0 Å². The van der Waals surface area contributed by atoms with E-state index in [9.17, 15) is 4.79 Å². The van der Waals surface area contributed by atoms with E-state index in [1.165, 1.54) is 0 Å². The van der Waals surface area contributed by atoms with E-state index in [4.69, 9.17) is 21.4 Å². The minimum Gasteiger partial charge on any atom is -0.496 e. The molecule has 6 heteroatoms. The van der Waals surface area contributed by atoms with Gasteiger partial charge in [0.25, 0.3) is 0 Å². The number of rotatable bonds is 7. The number of carbonyl (C=O) groups is 1. The molecule has 0 aromatic heterocycles. The monoisotopic (exact) mass is 334 g/mol. The van der Waals surface area contributed by atoms with Crippen LogP contribution in [0.15, 0.2) is 42.5 Å². The fourth-order valence-electron chi connectivity index (χ4n) is 2.10. The highest BCUT2D eigenvalue weighted by atomic mass is 35.5. The van der Waals surface area contributed by atoms with Gasteiger partial charge in [0.2, 0.25) is 5.91 Å². The van der Waals surface area contributed by atoms with Crippen LogP contribution in [0.1, 0.15) is 11.1 Å². The molecule has 0 saturated heterocycles. The Bertz CT molecular complexity index is 677. The highest BCUT2D eigenvalue weighted by molar-refractivity contribution is 6.30. The first kappa shape index (κ1) is 17.1. The van der Waals surface area contributed by atoms with Gasteiger partial charge in [-0.15, -0.1) is 0 Å². The van der Waals surface area contributed by atoms with E-state index in [0.29, 0.717) is 17.3 Å². The summed E-state index contributed by atoms with van der Waals surface area (Å²) in [6.07, 6.45) is 0. The number of benzene rings is 2. The average Bonchev–Trinajstić information content (AvgIpc) is 2.58. The lowest BCUT2D eigenvalue weighted by Crippen LogP contribution is -2.29. The molecule has 0 spiro atoms. The van der Waals surface area contributed by atoms with Crippen molar-refractivity contribution in [1.82, 2.24) is 5.32 Å². The molecule has 1 amide bonds. The zero-order valence-electron chi connectivity index (χ0n) is 12.8. The minimum absolute atomic E-state index is 0.0315. The number of aliphatic hydroxyl groups is 1. The zero-order chi connectivity index (χ0) is 16.7. The molecule has 122 valence electrons. The van der Waals surface area contributed by atoms with Gasteiger partial charge in [-0.1, -0.05) is 23.7 Å². The normalized spacial score (nSPS) is 10.2. The summed E-state index contributed by atoms with van der Waals surface area (Å²) in [5, 5.41) is 15.5. The first-order chi connectivity index (χ1) is 11.1. The fraction of sp³-hybridized carbons (Fsp3) is 0.235. The maximum Gasteiger partial charge on any atom is 0.239 e. The van der Waals surface area contributed by atoms with Crippen molar-refractivity contribution in [3.05, 3.63) is 58.6 Å². The van der Waals surface area contributed by atoms with Crippen LogP contribution in [0, 0.1) is 0 Å². The zero-order valence-corrected chi connectivity index (χ0v) is 13.6. The van der Waals surface area contributed by atoms with Gasteiger partial charge in [0.15, 0.2) is 0 Å². The van der Waals surface area contributed by atoms with Crippen molar-refractivity contribution in [2.75, 3.05) is 19.0 Å². The van der Waals surface area contributed by atoms with Gasteiger partial charge in [-0.2, -0.15) is 0 Å². The topological polar surface area (TPSA) is 70.6 Å². The molecule has 0 unspecified atom stereocenters. The van der Waals surface area contributed by atoms with Crippen molar-refractivity contribution in [2.24, 2.45) is 0 Å². The Balaban J connectivity index is 1.86. The number of ether oxygens (including phenoxy) is 1. The van der Waals surface area contributed by atoms with E-state index in [-0.39, 0.29) is 19.1 Å². The molecular weight excluding hydrogens is 316 g/mol. The van der Waals surface area contributed by atoms with Gasteiger partial charge in [-0.05, 0) is 35.9 Å². The highest BCUT2D eigenvalue weighted by Crippen LogP contribution is 2.22. The van der Waals surface area contributed by atoms with Crippen LogP contribution in [0.3, 0.4) is 0 Å². The van der Waals surface area contributed by atoms with Crippen molar-refractivity contribution in [1.29, 1.82) is 0 Å². The first-order valence-corrected chi connectivity index (χ1v) is 7.53. The molecule has 0 aliphatic rings. The Hall–Kier alpha value is -2.24. The van der Waals surface area contributed by atoms with E-state index < -0.39 is 0 Å². The Morgan fingerprint density at radius 1 is 1.26 bits per heavy atom. The highest BCUT2D eigenvalue weighted by Gasteiger charge is 2.06. The number of methoxy groups -OCH3 is 1. The molecule has 0 radical (unpaired) electrons. The molecule has 23 heavy (non-hydrogen) atoms. The maximum atomic E-state index is 11.9. The third kappa shape index (κ3) is 5.16. The molecule has 0 saturated carbocycles. The van der Waals surface area contributed by atoms with Crippen LogP contribution in [0.5, 0.6) is 5.75 Å². The third-order valence-corrected chi connectivity index (χ3v) is 3.52. The van der Waals surface area contributed by atoms with Gasteiger partial charge in [0.05, 0.1) is 20.3 Å². The summed E-state index contributed by atoms with van der Waals surface area (Å²) in [4.78, 5) is 11.9. The molecule has 0 heterocycles. The Kier molecular flexibility index (Phi) is 6.26. The lowest BCUT2D eigenvalue weighted by atomic mass is 10.2. The van der Waals surface area contributed by atoms with E-state index in [2.05, 4.69) is 10.6 Å². The number of carbonyl (C=O) groups excluding carboxylic acids is 1. The van der Waals surface area contributed by atoms with Gasteiger partial charge in [-0.3, -0.25) is 4.79 Å². The standard InChI is InChI=1S/C17H19ClN2O3/c1-23-16-6-5-14(18)8-13(16)9-20-17(22)10-19-15-4-2-3-12(7-15)11-21/h2-8,19,21H,9-11H2,1H3,(H,20,22). The van der Waals surface area contributed by atoms with E-state index in [0.717, 1.165) is 16.8 Å². The molecule has 0 atom stereocenters. The summed E-state index contributed by atoms with van der Waals surface area (Å²) in [6, 6.07) is 12.5. The van der Waals surface area contributed by atoms with Gasteiger partial charge in [0.1, 0.15) is 5.75 Å². The summed E-state index contributed by atoms with van der Waals surface area (Å²) in [5.41, 5.74) is 2.39. The van der Waals surface area contributed by atoms with Gasteiger partial charge < -0.3 is 20.5 Å². The van der Waals surface area contributed by atoms with Crippen molar-refractivity contribution in [2.45, 2.75) is 13.2 Å². The number of hydrogen-bond donors (Lipinski definition) is 3. The van der Waals surface area contributed by atoms with Crippen molar-refractivity contribution in [3.8, 4) is 5.75 Å². The quantitative estimate of drug-likeness (QED) is 0.728. The van der Waals surface area contributed by atoms with Crippen LogP contribution in [-0.4, -0.2) is 24.7 Å². The van der Waals surface area contributed by atoms with Gasteiger partial charge in [-0.25, -0.2) is 0 Å². The molecule has 2 rings (SSSR count). The first-order valence-electron chi connectivity index (χ1n) is 7.15. The number of anilines is 1. The Labute approximate surface area is 140 Å². The van der Waals surface area contributed by atoms with Crippen LogP contribution in [-0.2, 0) is 17.9 Å².